The van der Waals surface area contributed by atoms with Gasteiger partial charge in [-0.15, -0.1) is 0 Å². The first-order valence-electron chi connectivity index (χ1n) is 7.75. The van der Waals surface area contributed by atoms with Crippen LogP contribution in [0.3, 0.4) is 0 Å². The van der Waals surface area contributed by atoms with Crippen molar-refractivity contribution in [3.63, 3.8) is 0 Å². The van der Waals surface area contributed by atoms with Gasteiger partial charge in [-0.25, -0.2) is 8.42 Å². The third kappa shape index (κ3) is 3.05. The number of benzene rings is 2. The number of hydrogen-bond donors (Lipinski definition) is 0. The molecule has 0 bridgehead atoms. The third-order valence-corrected chi connectivity index (χ3v) is 6.01. The molecule has 1 aliphatic heterocycles. The number of aryl methyl sites for hydroxylation is 2. The Morgan fingerprint density at radius 3 is 2.08 bits per heavy atom. The molecule has 124 valence electrons. The molecule has 0 spiro atoms. The summed E-state index contributed by atoms with van der Waals surface area (Å²) in [5.41, 5.74) is 2.56. The number of Topliss-reactive ketones (excluding diaryl/α,β-unsaturated/α-hetero) is 1. The molecule has 0 aromatic heterocycles. The number of carbonyl (C=O) groups excluding carboxylic acids is 1. The average molecular weight is 341 g/mol. The molecule has 0 fully saturated rings. The highest BCUT2D eigenvalue weighted by atomic mass is 32.2. The standard InChI is InChI=1S/C19H19NO3S/c1-14-5-9-16(10-6-14)19(21)18-4-3-13-20(18)24(22,23)17-11-7-15(2)8-12-17/h3-12,18H,13H2,1-2H3. The Kier molecular flexibility index (Phi) is 4.39. The summed E-state index contributed by atoms with van der Waals surface area (Å²) >= 11 is 0. The lowest BCUT2D eigenvalue weighted by Gasteiger charge is -2.23. The second-order valence-electron chi connectivity index (χ2n) is 5.99. The van der Waals surface area contributed by atoms with E-state index in [2.05, 4.69) is 0 Å². The van der Waals surface area contributed by atoms with Gasteiger partial charge in [0.1, 0.15) is 6.04 Å². The molecular weight excluding hydrogens is 322 g/mol. The Morgan fingerprint density at radius 1 is 0.958 bits per heavy atom. The maximum absolute atomic E-state index is 12.9. The summed E-state index contributed by atoms with van der Waals surface area (Å²) in [7, 11) is -3.72. The van der Waals surface area contributed by atoms with Gasteiger partial charge in [0.25, 0.3) is 0 Å². The normalized spacial score (nSPS) is 18.0. The smallest absolute Gasteiger partial charge is 0.244 e. The van der Waals surface area contributed by atoms with Gasteiger partial charge in [-0.1, -0.05) is 59.7 Å². The number of ketones is 1. The van der Waals surface area contributed by atoms with Crippen LogP contribution in [0, 0.1) is 13.8 Å². The van der Waals surface area contributed by atoms with Crippen LogP contribution in [0.4, 0.5) is 0 Å². The van der Waals surface area contributed by atoms with Crippen molar-refractivity contribution in [1.82, 2.24) is 4.31 Å². The van der Waals surface area contributed by atoms with E-state index in [0.29, 0.717) is 5.56 Å². The maximum Gasteiger partial charge on any atom is 0.244 e. The van der Waals surface area contributed by atoms with E-state index in [-0.39, 0.29) is 17.2 Å². The highest BCUT2D eigenvalue weighted by Crippen LogP contribution is 2.25. The highest BCUT2D eigenvalue weighted by molar-refractivity contribution is 7.89. The molecule has 1 aliphatic rings. The molecule has 1 atom stereocenters. The molecule has 0 N–H and O–H groups in total. The quantitative estimate of drug-likeness (QED) is 0.634. The first kappa shape index (κ1) is 16.6. The van der Waals surface area contributed by atoms with Gasteiger partial charge in [-0.2, -0.15) is 4.31 Å². The molecule has 4 nitrogen and oxygen atoms in total. The van der Waals surface area contributed by atoms with E-state index >= 15 is 0 Å². The van der Waals surface area contributed by atoms with E-state index in [9.17, 15) is 13.2 Å². The van der Waals surface area contributed by atoms with E-state index in [4.69, 9.17) is 0 Å². The van der Waals surface area contributed by atoms with E-state index in [1.54, 1.807) is 48.6 Å². The Morgan fingerprint density at radius 2 is 1.50 bits per heavy atom. The van der Waals surface area contributed by atoms with Crippen LogP contribution < -0.4 is 0 Å². The van der Waals surface area contributed by atoms with Crippen molar-refractivity contribution < 1.29 is 13.2 Å². The fourth-order valence-corrected chi connectivity index (χ4v) is 4.20. The highest BCUT2D eigenvalue weighted by Gasteiger charge is 2.36. The van der Waals surface area contributed by atoms with Crippen molar-refractivity contribution in [2.24, 2.45) is 0 Å². The Bertz CT molecular complexity index is 881. The van der Waals surface area contributed by atoms with Gasteiger partial charge in [0.05, 0.1) is 4.90 Å². The molecule has 0 amide bonds. The van der Waals surface area contributed by atoms with Gasteiger partial charge in [0.2, 0.25) is 10.0 Å². The van der Waals surface area contributed by atoms with Gasteiger partial charge in [0, 0.05) is 12.1 Å². The van der Waals surface area contributed by atoms with E-state index < -0.39 is 16.1 Å². The lowest BCUT2D eigenvalue weighted by Crippen LogP contribution is -2.40. The van der Waals surface area contributed by atoms with Crippen LogP contribution in [0.25, 0.3) is 0 Å². The first-order valence-corrected chi connectivity index (χ1v) is 9.19. The first-order chi connectivity index (χ1) is 11.4. The molecule has 0 aliphatic carbocycles. The van der Waals surface area contributed by atoms with E-state index in [1.807, 2.05) is 26.0 Å². The Balaban J connectivity index is 1.92. The van der Waals surface area contributed by atoms with Crippen molar-refractivity contribution in [1.29, 1.82) is 0 Å². The van der Waals surface area contributed by atoms with E-state index in [0.717, 1.165) is 11.1 Å². The minimum atomic E-state index is -3.72. The van der Waals surface area contributed by atoms with Crippen molar-refractivity contribution in [3.05, 3.63) is 77.4 Å². The lowest BCUT2D eigenvalue weighted by atomic mass is 10.0. The molecule has 5 heteroatoms. The summed E-state index contributed by atoms with van der Waals surface area (Å²) in [4.78, 5) is 13.0. The number of carbonyl (C=O) groups is 1. The summed E-state index contributed by atoms with van der Waals surface area (Å²) in [5, 5.41) is 0. The lowest BCUT2D eigenvalue weighted by molar-refractivity contribution is 0.0937. The fourth-order valence-electron chi connectivity index (χ4n) is 2.70. The van der Waals surface area contributed by atoms with Crippen LogP contribution in [-0.2, 0) is 10.0 Å². The predicted octanol–water partition coefficient (Wildman–Crippen LogP) is 3.12. The molecule has 2 aromatic rings. The van der Waals surface area contributed by atoms with Crippen LogP contribution in [-0.4, -0.2) is 31.1 Å². The molecule has 0 saturated carbocycles. The zero-order chi connectivity index (χ0) is 17.3. The second kappa shape index (κ2) is 6.34. The number of sulfonamides is 1. The minimum absolute atomic E-state index is 0.207. The number of nitrogens with zero attached hydrogens (tertiary/aromatic N) is 1. The van der Waals surface area contributed by atoms with Gasteiger partial charge in [-0.05, 0) is 26.0 Å². The van der Waals surface area contributed by atoms with Crippen LogP contribution in [0.2, 0.25) is 0 Å². The van der Waals surface area contributed by atoms with Crippen LogP contribution in [0.15, 0.2) is 65.6 Å². The summed E-state index contributed by atoms with van der Waals surface area (Å²) < 4.78 is 27.0. The van der Waals surface area contributed by atoms with Gasteiger partial charge in [-0.3, -0.25) is 4.79 Å². The van der Waals surface area contributed by atoms with Crippen molar-refractivity contribution in [3.8, 4) is 0 Å². The topological polar surface area (TPSA) is 54.5 Å². The maximum atomic E-state index is 12.9. The Hall–Kier alpha value is -2.24. The summed E-state index contributed by atoms with van der Waals surface area (Å²) in [5.74, 6) is -0.209. The van der Waals surface area contributed by atoms with Gasteiger partial charge < -0.3 is 0 Å². The van der Waals surface area contributed by atoms with Crippen LogP contribution >= 0.6 is 0 Å². The number of rotatable bonds is 4. The van der Waals surface area contributed by atoms with Gasteiger partial charge in [0.15, 0.2) is 5.78 Å². The van der Waals surface area contributed by atoms with Gasteiger partial charge >= 0.3 is 0 Å². The molecule has 1 heterocycles. The zero-order valence-corrected chi connectivity index (χ0v) is 14.5. The van der Waals surface area contributed by atoms with Crippen molar-refractivity contribution >= 4 is 15.8 Å². The van der Waals surface area contributed by atoms with Crippen LogP contribution in [0.5, 0.6) is 0 Å². The largest absolute Gasteiger partial charge is 0.292 e. The molecule has 2 aromatic carbocycles. The Labute approximate surface area is 142 Å². The summed E-state index contributed by atoms with van der Waals surface area (Å²) in [6.45, 7) is 4.05. The van der Waals surface area contributed by atoms with E-state index in [1.165, 1.54) is 4.31 Å². The van der Waals surface area contributed by atoms with Crippen molar-refractivity contribution in [2.75, 3.05) is 6.54 Å². The monoisotopic (exact) mass is 341 g/mol. The summed E-state index contributed by atoms with van der Waals surface area (Å²) in [6, 6.07) is 13.1. The predicted molar refractivity (Wildman–Crippen MR) is 93.5 cm³/mol. The molecule has 0 saturated heterocycles. The third-order valence-electron chi connectivity index (χ3n) is 4.15. The minimum Gasteiger partial charge on any atom is -0.292 e. The zero-order valence-electron chi connectivity index (χ0n) is 13.6. The van der Waals surface area contributed by atoms with Crippen LogP contribution in [0.1, 0.15) is 21.5 Å². The fraction of sp³-hybridized carbons (Fsp3) is 0.211. The molecule has 3 rings (SSSR count). The molecule has 1 unspecified atom stereocenters. The molecular formula is C19H19NO3S. The van der Waals surface area contributed by atoms with Crippen molar-refractivity contribution in [2.45, 2.75) is 24.8 Å². The second-order valence-corrected chi connectivity index (χ2v) is 7.88. The molecule has 24 heavy (non-hydrogen) atoms. The summed E-state index contributed by atoms with van der Waals surface area (Å²) in [6.07, 6.45) is 3.39. The SMILES string of the molecule is Cc1ccc(C(=O)C2C=CCN2S(=O)(=O)c2ccc(C)cc2)cc1. The average Bonchev–Trinajstić information content (AvgIpc) is 3.06. The molecule has 0 radical (unpaired) electrons. The number of hydrogen-bond acceptors (Lipinski definition) is 3.